The number of aliphatic hydroxyl groups is 1. The number of aliphatic hydroxyl groups excluding tert-OH is 1. The highest BCUT2D eigenvalue weighted by Gasteiger charge is 2.55. The van der Waals surface area contributed by atoms with Gasteiger partial charge >= 0.3 is 0 Å². The van der Waals surface area contributed by atoms with Crippen molar-refractivity contribution in [3.63, 3.8) is 0 Å². The molecule has 1 N–H and O–H groups in total. The molecule has 0 aliphatic heterocycles. The second-order valence-electron chi connectivity index (χ2n) is 7.68. The van der Waals surface area contributed by atoms with Crippen LogP contribution in [0.5, 0.6) is 0 Å². The number of rotatable bonds is 0. The fourth-order valence-corrected chi connectivity index (χ4v) is 5.89. The summed E-state index contributed by atoms with van der Waals surface area (Å²) >= 11 is 0. The van der Waals surface area contributed by atoms with E-state index in [0.29, 0.717) is 24.2 Å². The Hall–Kier alpha value is -0.630. The summed E-state index contributed by atoms with van der Waals surface area (Å²) in [4.78, 5) is 11.9. The summed E-state index contributed by atoms with van der Waals surface area (Å²) < 4.78 is 16.0. The van der Waals surface area contributed by atoms with E-state index in [1.807, 2.05) is 0 Å². The molecule has 0 aromatic carbocycles. The Morgan fingerprint density at radius 1 is 1.25 bits per heavy atom. The van der Waals surface area contributed by atoms with Gasteiger partial charge < -0.3 is 5.11 Å². The van der Waals surface area contributed by atoms with Crippen LogP contribution in [0.3, 0.4) is 0 Å². The highest BCUT2D eigenvalue weighted by atomic mass is 16.3. The molecule has 2 heteroatoms. The van der Waals surface area contributed by atoms with Crippen molar-refractivity contribution in [1.82, 2.24) is 0 Å². The van der Waals surface area contributed by atoms with Crippen LogP contribution < -0.4 is 0 Å². The third-order valence-electron chi connectivity index (χ3n) is 7.01. The van der Waals surface area contributed by atoms with Gasteiger partial charge in [0.1, 0.15) is 0 Å². The van der Waals surface area contributed by atoms with Gasteiger partial charge in [-0.2, -0.15) is 0 Å². The average molecular weight is 276 g/mol. The molecular formula is C18H26O2. The molecule has 6 atom stereocenters. The van der Waals surface area contributed by atoms with Gasteiger partial charge in [-0.25, -0.2) is 0 Å². The minimum Gasteiger partial charge on any atom is -0.393 e. The smallest absolute Gasteiger partial charge is 0.155 e. The molecule has 0 unspecified atom stereocenters. The number of fused-ring (bicyclic) bond motifs is 5. The van der Waals surface area contributed by atoms with E-state index in [0.717, 1.165) is 38.5 Å². The van der Waals surface area contributed by atoms with Gasteiger partial charge in [-0.15, -0.1) is 0 Å². The third-order valence-corrected chi connectivity index (χ3v) is 7.01. The maximum Gasteiger partial charge on any atom is 0.155 e. The number of carbonyl (C=O) groups excluding carboxylic acids is 1. The van der Waals surface area contributed by atoms with Crippen molar-refractivity contribution in [1.29, 1.82) is 0 Å². The largest absolute Gasteiger partial charge is 0.393 e. The lowest BCUT2D eigenvalue weighted by Gasteiger charge is -2.53. The Balaban J connectivity index is 1.65. The summed E-state index contributed by atoms with van der Waals surface area (Å²) in [5.74, 6) is 1.66. The minimum atomic E-state index is -1.67. The molecule has 0 saturated heterocycles. The zero-order valence-corrected chi connectivity index (χ0v) is 12.3. The minimum absolute atomic E-state index is 0.0753. The predicted octanol–water partition coefficient (Wildman–Crippen LogP) is 3.49. The van der Waals surface area contributed by atoms with Crippen molar-refractivity contribution in [3.8, 4) is 0 Å². The maximum atomic E-state index is 11.9. The maximum absolute atomic E-state index is 11.9. The van der Waals surface area contributed by atoms with Gasteiger partial charge in [-0.1, -0.05) is 12.5 Å². The van der Waals surface area contributed by atoms with Crippen LogP contribution >= 0.6 is 0 Å². The van der Waals surface area contributed by atoms with Crippen molar-refractivity contribution in [2.24, 2.45) is 29.1 Å². The van der Waals surface area contributed by atoms with Crippen LogP contribution in [0.2, 0.25) is 0 Å². The first-order valence-electron chi connectivity index (χ1n) is 9.26. The molecule has 0 aromatic rings. The first kappa shape index (κ1) is 11.0. The summed E-state index contributed by atoms with van der Waals surface area (Å²) in [7, 11) is 0. The summed E-state index contributed by atoms with van der Waals surface area (Å²) in [5, 5.41) is 10.4. The molecule has 3 fully saturated rings. The zero-order valence-electron chi connectivity index (χ0n) is 14.3. The van der Waals surface area contributed by atoms with Crippen LogP contribution in [0.15, 0.2) is 11.6 Å². The molecule has 0 spiro atoms. The molecule has 0 aromatic heterocycles. The first-order chi connectivity index (χ1) is 10.3. The molecule has 0 bridgehead atoms. The van der Waals surface area contributed by atoms with E-state index in [4.69, 9.17) is 2.74 Å². The molecule has 0 amide bonds. The molecule has 0 radical (unpaired) electrons. The highest BCUT2D eigenvalue weighted by Crippen LogP contribution is 2.61. The summed E-state index contributed by atoms with van der Waals surface area (Å²) in [6.07, 6.45) is 6.44. The van der Waals surface area contributed by atoms with E-state index in [1.165, 1.54) is 5.57 Å². The molecule has 4 rings (SSSR count). The average Bonchev–Trinajstić information content (AvgIpc) is 2.76. The molecule has 0 heterocycles. The standard InChI is InChI=1S/C18H26O2/c1-18-9-8-14-13-5-3-12(19)10-11(13)2-4-15(14)16(18)6-7-17(18)20/h10,13-17,20H,2-9H2,1H3/t13-,14+,15+,16-,17-,18-/m0/s1/i3D2. The summed E-state index contributed by atoms with van der Waals surface area (Å²) in [6, 6.07) is 0. The Bertz CT molecular complexity index is 541. The Morgan fingerprint density at radius 3 is 2.95 bits per heavy atom. The van der Waals surface area contributed by atoms with E-state index in [9.17, 15) is 9.90 Å². The second-order valence-corrected chi connectivity index (χ2v) is 7.68. The predicted molar refractivity (Wildman–Crippen MR) is 78.1 cm³/mol. The van der Waals surface area contributed by atoms with Gasteiger partial charge in [0.15, 0.2) is 5.78 Å². The third kappa shape index (κ3) is 1.70. The molecule has 4 aliphatic carbocycles. The van der Waals surface area contributed by atoms with Crippen LogP contribution in [0, 0.1) is 29.1 Å². The van der Waals surface area contributed by atoms with Gasteiger partial charge in [0.2, 0.25) is 0 Å². The topological polar surface area (TPSA) is 37.3 Å². The van der Waals surface area contributed by atoms with Crippen LogP contribution in [0.4, 0.5) is 0 Å². The fourth-order valence-electron chi connectivity index (χ4n) is 5.89. The number of carbonyl (C=O) groups is 1. The van der Waals surface area contributed by atoms with Gasteiger partial charge in [-0.05, 0) is 80.1 Å². The molecule has 2 nitrogen and oxygen atoms in total. The number of hydrogen-bond donors (Lipinski definition) is 1. The Labute approximate surface area is 124 Å². The fraction of sp³-hybridized carbons (Fsp3) is 0.833. The molecule has 20 heavy (non-hydrogen) atoms. The monoisotopic (exact) mass is 276 g/mol. The van der Waals surface area contributed by atoms with Crippen molar-refractivity contribution in [3.05, 3.63) is 11.6 Å². The Morgan fingerprint density at radius 2 is 2.10 bits per heavy atom. The van der Waals surface area contributed by atoms with Gasteiger partial charge in [0.25, 0.3) is 0 Å². The van der Waals surface area contributed by atoms with Crippen molar-refractivity contribution in [2.45, 2.75) is 64.3 Å². The number of allylic oxidation sites excluding steroid dienone is 1. The van der Waals surface area contributed by atoms with Crippen molar-refractivity contribution < 1.29 is 12.6 Å². The number of ketones is 1. The first-order valence-corrected chi connectivity index (χ1v) is 8.26. The quantitative estimate of drug-likeness (QED) is 0.735. The summed E-state index contributed by atoms with van der Waals surface area (Å²) in [5.41, 5.74) is 1.29. The van der Waals surface area contributed by atoms with E-state index in [1.54, 1.807) is 6.08 Å². The van der Waals surface area contributed by atoms with Gasteiger partial charge in [0, 0.05) is 9.11 Å². The highest BCUT2D eigenvalue weighted by molar-refractivity contribution is 5.91. The van der Waals surface area contributed by atoms with Crippen molar-refractivity contribution in [2.75, 3.05) is 0 Å². The SMILES string of the molecule is [2H]C1([2H])C[C@H]2C(=CC1=O)CC[C@@H]1[C@@H]2CC[C@]2(C)[C@@H](O)CC[C@@H]12. The van der Waals surface area contributed by atoms with Crippen molar-refractivity contribution >= 4 is 5.78 Å². The lowest BCUT2D eigenvalue weighted by molar-refractivity contribution is -0.116. The van der Waals surface area contributed by atoms with Gasteiger partial charge in [-0.3, -0.25) is 4.79 Å². The van der Waals surface area contributed by atoms with E-state index >= 15 is 0 Å². The Kier molecular flexibility index (Phi) is 2.44. The molecule has 110 valence electrons. The van der Waals surface area contributed by atoms with Crippen LogP contribution in [-0.2, 0) is 4.79 Å². The van der Waals surface area contributed by atoms with Crippen LogP contribution in [-0.4, -0.2) is 17.0 Å². The lowest BCUT2D eigenvalue weighted by Crippen LogP contribution is -2.47. The van der Waals surface area contributed by atoms with Crippen LogP contribution in [0.25, 0.3) is 0 Å². The molecule has 3 saturated carbocycles. The molecule has 4 aliphatic rings. The van der Waals surface area contributed by atoms with E-state index < -0.39 is 6.37 Å². The zero-order chi connectivity index (χ0) is 15.7. The lowest BCUT2D eigenvalue weighted by atomic mass is 9.52. The van der Waals surface area contributed by atoms with Gasteiger partial charge in [0.05, 0.1) is 6.10 Å². The van der Waals surface area contributed by atoms with E-state index in [2.05, 4.69) is 6.92 Å². The summed E-state index contributed by atoms with van der Waals surface area (Å²) in [6.45, 7) is 2.26. The normalized spacial score (nSPS) is 55.0. The molecular weight excluding hydrogens is 248 g/mol. The van der Waals surface area contributed by atoms with E-state index in [-0.39, 0.29) is 23.2 Å². The second kappa shape index (κ2) is 4.43. The van der Waals surface area contributed by atoms with Crippen LogP contribution in [0.1, 0.15) is 61.0 Å². The number of hydrogen-bond acceptors (Lipinski definition) is 2.